The lowest BCUT2D eigenvalue weighted by Crippen LogP contribution is -2.09. The molecule has 7 heteroatoms. The highest BCUT2D eigenvalue weighted by molar-refractivity contribution is 5.26. The minimum absolute atomic E-state index is 0.171. The van der Waals surface area contributed by atoms with E-state index >= 15 is 0 Å². The first kappa shape index (κ1) is 12.6. The summed E-state index contributed by atoms with van der Waals surface area (Å²) in [5, 5.41) is 3.42. The molecule has 0 fully saturated rings. The lowest BCUT2D eigenvalue weighted by Gasteiger charge is -2.06. The van der Waals surface area contributed by atoms with Crippen LogP contribution in [0, 0.1) is 0 Å². The van der Waals surface area contributed by atoms with Crippen LogP contribution in [-0.2, 0) is 6.18 Å². The highest BCUT2D eigenvalue weighted by Crippen LogP contribution is 2.27. The summed E-state index contributed by atoms with van der Waals surface area (Å²) in [5.74, 6) is 0.315. The smallest absolute Gasteiger partial charge is 0.324 e. The number of pyridine rings is 1. The molecule has 0 aromatic carbocycles. The molecule has 2 rings (SSSR count). The maximum Gasteiger partial charge on any atom is 0.435 e. The molecular weight excluding hydrogens is 245 g/mol. The maximum atomic E-state index is 12.4. The molecule has 2 aromatic rings. The first-order chi connectivity index (χ1) is 8.38. The summed E-state index contributed by atoms with van der Waals surface area (Å²) in [6, 6.07) is 4.02. The molecule has 96 valence electrons. The van der Waals surface area contributed by atoms with Crippen molar-refractivity contribution in [2.75, 3.05) is 0 Å². The Kier molecular flexibility index (Phi) is 3.08. The molecule has 0 spiro atoms. The van der Waals surface area contributed by atoms with Crippen molar-refractivity contribution in [2.45, 2.75) is 19.1 Å². The van der Waals surface area contributed by atoms with E-state index in [4.69, 9.17) is 5.73 Å². The average molecular weight is 256 g/mol. The predicted molar refractivity (Wildman–Crippen MR) is 59.0 cm³/mol. The van der Waals surface area contributed by atoms with Gasteiger partial charge < -0.3 is 5.73 Å². The van der Waals surface area contributed by atoms with Gasteiger partial charge in [-0.25, -0.2) is 9.67 Å². The van der Waals surface area contributed by atoms with Crippen LogP contribution in [-0.4, -0.2) is 14.8 Å². The number of nitrogens with two attached hydrogens (primary N) is 1. The molecule has 2 heterocycles. The van der Waals surface area contributed by atoms with Gasteiger partial charge in [0, 0.05) is 18.4 Å². The number of hydrogen-bond acceptors (Lipinski definition) is 3. The fourth-order valence-electron chi connectivity index (χ4n) is 1.41. The third-order valence-electron chi connectivity index (χ3n) is 2.41. The molecule has 0 aliphatic carbocycles. The Hall–Kier alpha value is -1.89. The number of rotatable bonds is 2. The van der Waals surface area contributed by atoms with Crippen LogP contribution in [0.4, 0.5) is 13.2 Å². The van der Waals surface area contributed by atoms with Gasteiger partial charge in [-0.1, -0.05) is 6.07 Å². The van der Waals surface area contributed by atoms with Crippen LogP contribution in [0.15, 0.2) is 30.6 Å². The molecule has 1 atom stereocenters. The van der Waals surface area contributed by atoms with Gasteiger partial charge in [0.1, 0.15) is 0 Å². The largest absolute Gasteiger partial charge is 0.435 e. The Balaban J connectivity index is 2.29. The molecule has 2 N–H and O–H groups in total. The quantitative estimate of drug-likeness (QED) is 0.897. The highest BCUT2D eigenvalue weighted by atomic mass is 19.4. The van der Waals surface area contributed by atoms with E-state index in [0.717, 1.165) is 16.3 Å². The van der Waals surface area contributed by atoms with E-state index in [-0.39, 0.29) is 6.04 Å². The van der Waals surface area contributed by atoms with Gasteiger partial charge in [0.25, 0.3) is 0 Å². The second-order valence-electron chi connectivity index (χ2n) is 3.88. The van der Waals surface area contributed by atoms with E-state index in [1.54, 1.807) is 19.1 Å². The Bertz CT molecular complexity index is 528. The molecule has 0 bridgehead atoms. The van der Waals surface area contributed by atoms with Crippen LogP contribution in [0.25, 0.3) is 5.82 Å². The Morgan fingerprint density at radius 2 is 2.00 bits per heavy atom. The number of alkyl halides is 3. The zero-order valence-corrected chi connectivity index (χ0v) is 9.52. The summed E-state index contributed by atoms with van der Waals surface area (Å²) in [4.78, 5) is 4.02. The van der Waals surface area contributed by atoms with E-state index in [0.29, 0.717) is 5.82 Å². The van der Waals surface area contributed by atoms with Crippen molar-refractivity contribution in [2.24, 2.45) is 5.73 Å². The van der Waals surface area contributed by atoms with Gasteiger partial charge in [0.05, 0.1) is 0 Å². The second-order valence-corrected chi connectivity index (χ2v) is 3.88. The third-order valence-corrected chi connectivity index (χ3v) is 2.41. The molecule has 4 nitrogen and oxygen atoms in total. The molecule has 1 unspecified atom stereocenters. The van der Waals surface area contributed by atoms with E-state index in [1.807, 2.05) is 0 Å². The Morgan fingerprint density at radius 1 is 1.28 bits per heavy atom. The molecule has 0 aliphatic heterocycles. The van der Waals surface area contributed by atoms with Crippen molar-refractivity contribution in [1.82, 2.24) is 14.8 Å². The third kappa shape index (κ3) is 2.51. The van der Waals surface area contributed by atoms with Gasteiger partial charge in [-0.3, -0.25) is 0 Å². The van der Waals surface area contributed by atoms with E-state index < -0.39 is 11.9 Å². The van der Waals surface area contributed by atoms with Crippen LogP contribution >= 0.6 is 0 Å². The Morgan fingerprint density at radius 3 is 2.44 bits per heavy atom. The van der Waals surface area contributed by atoms with Crippen molar-refractivity contribution in [3.8, 4) is 5.82 Å². The predicted octanol–water partition coefficient (Wildman–Crippen LogP) is 2.31. The zero-order valence-electron chi connectivity index (χ0n) is 9.52. The number of hydrogen-bond donors (Lipinski definition) is 1. The molecule has 0 radical (unpaired) electrons. The summed E-state index contributed by atoms with van der Waals surface area (Å²) < 4.78 is 38.2. The van der Waals surface area contributed by atoms with Gasteiger partial charge in [0.15, 0.2) is 11.5 Å². The molecule has 0 saturated heterocycles. The zero-order chi connectivity index (χ0) is 13.3. The van der Waals surface area contributed by atoms with Crippen LogP contribution in [0.2, 0.25) is 0 Å². The normalized spacial score (nSPS) is 13.6. The topological polar surface area (TPSA) is 56.7 Å². The minimum atomic E-state index is -4.45. The monoisotopic (exact) mass is 256 g/mol. The van der Waals surface area contributed by atoms with Gasteiger partial charge in [-0.05, 0) is 24.6 Å². The first-order valence-corrected chi connectivity index (χ1v) is 5.22. The van der Waals surface area contributed by atoms with Gasteiger partial charge in [0.2, 0.25) is 0 Å². The maximum absolute atomic E-state index is 12.4. The van der Waals surface area contributed by atoms with E-state index in [9.17, 15) is 13.2 Å². The highest BCUT2D eigenvalue weighted by Gasteiger charge is 2.33. The van der Waals surface area contributed by atoms with Crippen LogP contribution in [0.5, 0.6) is 0 Å². The molecule has 2 aromatic heterocycles. The number of aromatic nitrogens is 3. The van der Waals surface area contributed by atoms with Gasteiger partial charge >= 0.3 is 6.18 Å². The van der Waals surface area contributed by atoms with Gasteiger partial charge in [-0.2, -0.15) is 18.3 Å². The summed E-state index contributed by atoms with van der Waals surface area (Å²) in [7, 11) is 0. The molecule has 0 amide bonds. The number of halogens is 3. The lowest BCUT2D eigenvalue weighted by molar-refractivity contribution is -0.141. The molecule has 18 heavy (non-hydrogen) atoms. The fraction of sp³-hybridized carbons (Fsp3) is 0.273. The standard InChI is InChI=1S/C11H11F3N4/c1-7(15)8-2-3-10(16-6-8)18-5-4-9(17-18)11(12,13)14/h2-7H,15H2,1H3. The van der Waals surface area contributed by atoms with E-state index in [1.165, 1.54) is 12.4 Å². The van der Waals surface area contributed by atoms with Crippen molar-refractivity contribution in [3.63, 3.8) is 0 Å². The van der Waals surface area contributed by atoms with Crippen molar-refractivity contribution < 1.29 is 13.2 Å². The van der Waals surface area contributed by atoms with Crippen molar-refractivity contribution in [1.29, 1.82) is 0 Å². The summed E-state index contributed by atoms with van der Waals surface area (Å²) in [6.07, 6.45) is -1.71. The first-order valence-electron chi connectivity index (χ1n) is 5.22. The molecule has 0 saturated carbocycles. The molecular formula is C11H11F3N4. The summed E-state index contributed by atoms with van der Waals surface area (Å²) in [5.41, 5.74) is 5.52. The summed E-state index contributed by atoms with van der Waals surface area (Å²) in [6.45, 7) is 1.80. The van der Waals surface area contributed by atoms with Crippen molar-refractivity contribution >= 4 is 0 Å². The minimum Gasteiger partial charge on any atom is -0.324 e. The van der Waals surface area contributed by atoms with Gasteiger partial charge in [-0.15, -0.1) is 0 Å². The van der Waals surface area contributed by atoms with E-state index in [2.05, 4.69) is 10.1 Å². The fourth-order valence-corrected chi connectivity index (χ4v) is 1.41. The lowest BCUT2D eigenvalue weighted by atomic mass is 10.2. The molecule has 0 aliphatic rings. The SMILES string of the molecule is CC(N)c1ccc(-n2ccc(C(F)(F)F)n2)nc1. The van der Waals surface area contributed by atoms with Crippen molar-refractivity contribution in [3.05, 3.63) is 41.9 Å². The van der Waals surface area contributed by atoms with Crippen LogP contribution in [0.1, 0.15) is 24.2 Å². The Labute approximate surface area is 101 Å². The average Bonchev–Trinajstić information content (AvgIpc) is 2.78. The number of nitrogens with zero attached hydrogens (tertiary/aromatic N) is 3. The van der Waals surface area contributed by atoms with Crippen LogP contribution < -0.4 is 5.73 Å². The van der Waals surface area contributed by atoms with Crippen LogP contribution in [0.3, 0.4) is 0 Å². The summed E-state index contributed by atoms with van der Waals surface area (Å²) >= 11 is 0. The second kappa shape index (κ2) is 4.41.